The Labute approximate surface area is 158 Å². The van der Waals surface area contributed by atoms with Gasteiger partial charge in [-0.1, -0.05) is 0 Å². The number of likely N-dealkylation sites (tertiary alicyclic amines) is 1. The lowest BCUT2D eigenvalue weighted by Crippen LogP contribution is -2.62. The van der Waals surface area contributed by atoms with Crippen LogP contribution in [-0.2, 0) is 6.54 Å². The predicted octanol–water partition coefficient (Wildman–Crippen LogP) is 1.75. The normalized spacial score (nSPS) is 19.6. The quantitative estimate of drug-likeness (QED) is 0.792. The number of anilines is 2. The molecule has 0 aliphatic carbocycles. The monoisotopic (exact) mass is 376 g/mol. The Hall–Kier alpha value is -1.77. The van der Waals surface area contributed by atoms with E-state index in [1.54, 1.807) is 12.1 Å². The summed E-state index contributed by atoms with van der Waals surface area (Å²) >= 11 is 1.46. The highest BCUT2D eigenvalue weighted by Crippen LogP contribution is 2.23. The molecule has 8 heteroatoms. The van der Waals surface area contributed by atoms with Gasteiger partial charge in [0.15, 0.2) is 5.82 Å². The van der Waals surface area contributed by atoms with E-state index in [9.17, 15) is 4.39 Å². The van der Waals surface area contributed by atoms with Crippen molar-refractivity contribution in [2.24, 2.45) is 0 Å². The van der Waals surface area contributed by atoms with Crippen molar-refractivity contribution in [1.82, 2.24) is 19.2 Å². The third kappa shape index (κ3) is 3.82. The van der Waals surface area contributed by atoms with Crippen molar-refractivity contribution < 1.29 is 4.39 Å². The van der Waals surface area contributed by atoms with Gasteiger partial charge in [0.1, 0.15) is 5.82 Å². The topological polar surface area (TPSA) is 38.7 Å². The highest BCUT2D eigenvalue weighted by atomic mass is 32.1. The summed E-state index contributed by atoms with van der Waals surface area (Å²) in [5.74, 6) is 0.757. The summed E-state index contributed by atoms with van der Waals surface area (Å²) in [7, 11) is 3.99. The molecule has 2 aliphatic heterocycles. The first-order valence-electron chi connectivity index (χ1n) is 9.05. The third-order valence-electron chi connectivity index (χ3n) is 5.17. The van der Waals surface area contributed by atoms with E-state index in [2.05, 4.69) is 24.1 Å². The van der Waals surface area contributed by atoms with Crippen molar-refractivity contribution in [2.45, 2.75) is 12.6 Å². The van der Waals surface area contributed by atoms with E-state index in [-0.39, 0.29) is 5.82 Å². The lowest BCUT2D eigenvalue weighted by molar-refractivity contribution is 0.0243. The van der Waals surface area contributed by atoms with Crippen molar-refractivity contribution in [3.05, 3.63) is 35.9 Å². The van der Waals surface area contributed by atoms with Crippen molar-refractivity contribution in [1.29, 1.82) is 0 Å². The molecule has 26 heavy (non-hydrogen) atoms. The standard InChI is InChI=1S/C18H25FN6S/c1-22(2)18-20-17(21-26-18)13-23-11-16(12-23)25-9-7-24(8-10-25)15-5-3-14(19)4-6-15/h3-6,16H,7-13H2,1-2H3. The zero-order chi connectivity index (χ0) is 18.1. The van der Waals surface area contributed by atoms with E-state index >= 15 is 0 Å². The van der Waals surface area contributed by atoms with E-state index in [1.807, 2.05) is 31.1 Å². The number of benzene rings is 1. The lowest BCUT2D eigenvalue weighted by Gasteiger charge is -2.48. The first kappa shape index (κ1) is 17.6. The van der Waals surface area contributed by atoms with Crippen molar-refractivity contribution in [3.8, 4) is 0 Å². The summed E-state index contributed by atoms with van der Waals surface area (Å²) in [4.78, 5) is 13.9. The molecule has 2 saturated heterocycles. The Kier molecular flexibility index (Phi) is 5.06. The van der Waals surface area contributed by atoms with E-state index in [4.69, 9.17) is 0 Å². The highest BCUT2D eigenvalue weighted by molar-refractivity contribution is 7.09. The predicted molar refractivity (Wildman–Crippen MR) is 103 cm³/mol. The first-order valence-corrected chi connectivity index (χ1v) is 9.82. The van der Waals surface area contributed by atoms with Gasteiger partial charge in [-0.15, -0.1) is 0 Å². The van der Waals surface area contributed by atoms with Gasteiger partial charge in [0.25, 0.3) is 0 Å². The van der Waals surface area contributed by atoms with Crippen LogP contribution in [0.3, 0.4) is 0 Å². The summed E-state index contributed by atoms with van der Waals surface area (Å²) in [6, 6.07) is 7.47. The first-order chi connectivity index (χ1) is 12.6. The molecule has 2 aromatic rings. The van der Waals surface area contributed by atoms with Crippen LogP contribution in [0.15, 0.2) is 24.3 Å². The summed E-state index contributed by atoms with van der Waals surface area (Å²) < 4.78 is 17.5. The van der Waals surface area contributed by atoms with Gasteiger partial charge in [-0.05, 0) is 24.3 Å². The van der Waals surface area contributed by atoms with Crippen molar-refractivity contribution in [2.75, 3.05) is 63.2 Å². The Balaban J connectivity index is 1.22. The minimum absolute atomic E-state index is 0.172. The minimum Gasteiger partial charge on any atom is -0.369 e. The number of halogens is 1. The van der Waals surface area contributed by atoms with Crippen LogP contribution in [-0.4, -0.2) is 78.6 Å². The van der Waals surface area contributed by atoms with Gasteiger partial charge in [0.2, 0.25) is 5.13 Å². The molecule has 140 valence electrons. The second-order valence-electron chi connectivity index (χ2n) is 7.23. The zero-order valence-electron chi connectivity index (χ0n) is 15.3. The van der Waals surface area contributed by atoms with E-state index in [1.165, 1.54) is 11.5 Å². The Morgan fingerprint density at radius 3 is 2.42 bits per heavy atom. The van der Waals surface area contributed by atoms with Crippen molar-refractivity contribution in [3.63, 3.8) is 0 Å². The third-order valence-corrected chi connectivity index (χ3v) is 6.09. The maximum atomic E-state index is 13.1. The molecular formula is C18H25FN6S. The van der Waals surface area contributed by atoms with E-state index < -0.39 is 0 Å². The average Bonchev–Trinajstić information content (AvgIpc) is 3.08. The molecule has 3 heterocycles. The molecule has 0 unspecified atom stereocenters. The van der Waals surface area contributed by atoms with Crippen LogP contribution in [0.4, 0.5) is 15.2 Å². The van der Waals surface area contributed by atoms with Gasteiger partial charge < -0.3 is 9.80 Å². The van der Waals surface area contributed by atoms with Crippen LogP contribution in [0.2, 0.25) is 0 Å². The maximum Gasteiger partial charge on any atom is 0.204 e. The van der Waals surface area contributed by atoms with E-state index in [0.29, 0.717) is 6.04 Å². The van der Waals surface area contributed by atoms with Gasteiger partial charge in [-0.25, -0.2) is 9.37 Å². The maximum absolute atomic E-state index is 13.1. The number of piperazine rings is 1. The molecule has 0 radical (unpaired) electrons. The molecule has 6 nitrogen and oxygen atoms in total. The fraction of sp³-hybridized carbons (Fsp3) is 0.556. The van der Waals surface area contributed by atoms with Crippen LogP contribution in [0, 0.1) is 5.82 Å². The Morgan fingerprint density at radius 2 is 1.81 bits per heavy atom. The van der Waals surface area contributed by atoms with Crippen LogP contribution >= 0.6 is 11.5 Å². The fourth-order valence-electron chi connectivity index (χ4n) is 3.59. The summed E-state index contributed by atoms with van der Waals surface area (Å²) in [6.45, 7) is 7.16. The van der Waals surface area contributed by atoms with Gasteiger partial charge in [0, 0.05) is 76.6 Å². The van der Waals surface area contributed by atoms with E-state index in [0.717, 1.165) is 62.5 Å². The molecular weight excluding hydrogens is 351 g/mol. The Bertz CT molecular complexity index is 720. The molecule has 0 bridgehead atoms. The molecule has 2 aliphatic rings. The number of aromatic nitrogens is 2. The molecule has 0 N–H and O–H groups in total. The smallest absolute Gasteiger partial charge is 0.204 e. The molecule has 2 fully saturated rings. The molecule has 1 aromatic heterocycles. The zero-order valence-corrected chi connectivity index (χ0v) is 16.1. The molecule has 0 spiro atoms. The van der Waals surface area contributed by atoms with Crippen LogP contribution in [0.5, 0.6) is 0 Å². The second kappa shape index (κ2) is 7.46. The fourth-order valence-corrected chi connectivity index (χ4v) is 4.19. The van der Waals surface area contributed by atoms with Crippen LogP contribution in [0.25, 0.3) is 0 Å². The SMILES string of the molecule is CN(C)c1nc(CN2CC(N3CCN(c4ccc(F)cc4)CC3)C2)ns1. The average molecular weight is 377 g/mol. The molecule has 0 atom stereocenters. The summed E-state index contributed by atoms with van der Waals surface area (Å²) in [6.07, 6.45) is 0. The molecule has 4 rings (SSSR count). The second-order valence-corrected chi connectivity index (χ2v) is 7.97. The van der Waals surface area contributed by atoms with Gasteiger partial charge in [-0.3, -0.25) is 9.80 Å². The Morgan fingerprint density at radius 1 is 1.12 bits per heavy atom. The minimum atomic E-state index is -0.172. The number of rotatable bonds is 5. The summed E-state index contributed by atoms with van der Waals surface area (Å²) in [5.41, 5.74) is 1.12. The molecule has 0 saturated carbocycles. The van der Waals surface area contributed by atoms with Crippen LogP contribution < -0.4 is 9.80 Å². The van der Waals surface area contributed by atoms with Gasteiger partial charge in [0.05, 0.1) is 6.54 Å². The number of hydrogen-bond donors (Lipinski definition) is 0. The van der Waals surface area contributed by atoms with Gasteiger partial charge >= 0.3 is 0 Å². The largest absolute Gasteiger partial charge is 0.369 e. The number of hydrogen-bond acceptors (Lipinski definition) is 7. The van der Waals surface area contributed by atoms with Gasteiger partial charge in [-0.2, -0.15) is 4.37 Å². The molecule has 0 amide bonds. The van der Waals surface area contributed by atoms with Crippen LogP contribution in [0.1, 0.15) is 5.82 Å². The highest BCUT2D eigenvalue weighted by Gasteiger charge is 2.34. The summed E-state index contributed by atoms with van der Waals surface area (Å²) in [5, 5.41) is 0.967. The lowest BCUT2D eigenvalue weighted by atomic mass is 10.1. The number of nitrogens with zero attached hydrogens (tertiary/aromatic N) is 6. The van der Waals surface area contributed by atoms with Crippen molar-refractivity contribution >= 4 is 22.4 Å². The molecule has 1 aromatic carbocycles.